The molecule has 0 unspecified atom stereocenters. The van der Waals surface area contributed by atoms with Crippen LogP contribution in [0, 0.1) is 5.41 Å². The Kier molecular flexibility index (Phi) is 4.90. The van der Waals surface area contributed by atoms with E-state index in [9.17, 15) is 18.0 Å². The molecule has 1 heterocycles. The highest BCUT2D eigenvalue weighted by molar-refractivity contribution is 7.89. The average Bonchev–Trinajstić information content (AvgIpc) is 2.35. The number of hydrogen-bond donors (Lipinski definition) is 3. The van der Waals surface area contributed by atoms with E-state index in [4.69, 9.17) is 5.73 Å². The monoisotopic (exact) mass is 304 g/mol. The molecule has 1 aromatic heterocycles. The van der Waals surface area contributed by atoms with Crippen molar-refractivity contribution in [2.75, 3.05) is 19.6 Å². The summed E-state index contributed by atoms with van der Waals surface area (Å²) >= 11 is 0. The van der Waals surface area contributed by atoms with Crippen molar-refractivity contribution in [3.63, 3.8) is 0 Å². The van der Waals surface area contributed by atoms with Crippen molar-refractivity contribution >= 4 is 10.0 Å². The van der Waals surface area contributed by atoms with Gasteiger partial charge in [0.15, 0.2) is 4.90 Å². The van der Waals surface area contributed by atoms with Crippen LogP contribution in [-0.4, -0.2) is 42.3 Å². The number of H-pyrrole nitrogens is 2. The third-order valence-corrected chi connectivity index (χ3v) is 4.84. The molecule has 0 aromatic carbocycles. The fourth-order valence-electron chi connectivity index (χ4n) is 1.64. The molecule has 0 spiro atoms. The molecule has 4 N–H and O–H groups in total. The molecule has 9 heteroatoms. The van der Waals surface area contributed by atoms with E-state index in [1.165, 1.54) is 4.31 Å². The molecule has 1 rings (SSSR count). The number of nitrogens with one attached hydrogen (secondary N) is 2. The number of nitrogens with two attached hydrogens (primary N) is 1. The Hall–Kier alpha value is -1.45. The molecule has 0 bridgehead atoms. The zero-order valence-corrected chi connectivity index (χ0v) is 12.6. The van der Waals surface area contributed by atoms with Gasteiger partial charge in [0.1, 0.15) is 0 Å². The highest BCUT2D eigenvalue weighted by Gasteiger charge is 2.31. The van der Waals surface area contributed by atoms with Crippen molar-refractivity contribution in [3.05, 3.63) is 27.0 Å². The molecule has 0 aliphatic carbocycles. The van der Waals surface area contributed by atoms with Crippen molar-refractivity contribution in [1.82, 2.24) is 14.3 Å². The van der Waals surface area contributed by atoms with Gasteiger partial charge in [0.05, 0.1) is 0 Å². The Morgan fingerprint density at radius 1 is 1.35 bits per heavy atom. The first-order valence-electron chi connectivity index (χ1n) is 6.16. The van der Waals surface area contributed by atoms with Gasteiger partial charge in [-0.25, -0.2) is 13.2 Å². The van der Waals surface area contributed by atoms with Crippen molar-refractivity contribution in [3.8, 4) is 0 Å². The second-order valence-corrected chi connectivity index (χ2v) is 7.14. The molecule has 0 fully saturated rings. The van der Waals surface area contributed by atoms with Crippen LogP contribution in [0.4, 0.5) is 0 Å². The maximum atomic E-state index is 12.4. The van der Waals surface area contributed by atoms with Gasteiger partial charge in [-0.05, 0) is 12.0 Å². The van der Waals surface area contributed by atoms with E-state index < -0.39 is 31.6 Å². The second kappa shape index (κ2) is 5.90. The van der Waals surface area contributed by atoms with Gasteiger partial charge in [-0.1, -0.05) is 20.8 Å². The summed E-state index contributed by atoms with van der Waals surface area (Å²) in [6, 6.07) is 0. The van der Waals surface area contributed by atoms with Crippen LogP contribution >= 0.6 is 0 Å². The Labute approximate surface area is 117 Å². The lowest BCUT2D eigenvalue weighted by Gasteiger charge is -2.30. The van der Waals surface area contributed by atoms with E-state index in [0.29, 0.717) is 6.54 Å². The molecule has 0 aliphatic rings. The average molecular weight is 304 g/mol. The van der Waals surface area contributed by atoms with Gasteiger partial charge in [-0.3, -0.25) is 9.78 Å². The molecule has 0 radical (unpaired) electrons. The van der Waals surface area contributed by atoms with Crippen molar-refractivity contribution < 1.29 is 8.42 Å². The lowest BCUT2D eigenvalue weighted by Crippen LogP contribution is -2.43. The third-order valence-electron chi connectivity index (χ3n) is 2.91. The standard InChI is InChI=1S/C11H20N4O4S/c1-4-15(7-11(2,3)6-12)20(18,19)8-5-13-10(17)14-9(8)16/h5H,4,6-7,12H2,1-3H3,(H2,13,14,16,17). The number of hydrogen-bond acceptors (Lipinski definition) is 5. The van der Waals surface area contributed by atoms with Crippen LogP contribution < -0.4 is 17.0 Å². The molecule has 20 heavy (non-hydrogen) atoms. The van der Waals surface area contributed by atoms with Crippen LogP contribution in [0.5, 0.6) is 0 Å². The van der Waals surface area contributed by atoms with E-state index in [1.807, 2.05) is 18.8 Å². The van der Waals surface area contributed by atoms with Crippen LogP contribution in [0.15, 0.2) is 20.7 Å². The van der Waals surface area contributed by atoms with Crippen LogP contribution in [0.2, 0.25) is 0 Å². The molecule has 8 nitrogen and oxygen atoms in total. The number of nitrogens with zero attached hydrogens (tertiary/aromatic N) is 1. The number of rotatable bonds is 6. The Bertz CT molecular complexity index is 674. The van der Waals surface area contributed by atoms with Crippen molar-refractivity contribution in [2.24, 2.45) is 11.1 Å². The molecule has 1 aromatic rings. The highest BCUT2D eigenvalue weighted by Crippen LogP contribution is 2.19. The van der Waals surface area contributed by atoms with E-state index in [2.05, 4.69) is 4.98 Å². The molecule has 0 saturated carbocycles. The largest absolute Gasteiger partial charge is 0.330 e. The van der Waals surface area contributed by atoms with Gasteiger partial charge in [-0.2, -0.15) is 4.31 Å². The summed E-state index contributed by atoms with van der Waals surface area (Å²) in [5, 5.41) is 0. The normalized spacial score (nSPS) is 12.8. The third kappa shape index (κ3) is 3.56. The number of sulfonamides is 1. The maximum absolute atomic E-state index is 12.4. The predicted octanol–water partition coefficient (Wildman–Crippen LogP) is -0.941. The fourth-order valence-corrected chi connectivity index (χ4v) is 3.27. The molecule has 0 atom stereocenters. The minimum atomic E-state index is -3.98. The zero-order chi connectivity index (χ0) is 15.6. The summed E-state index contributed by atoms with van der Waals surface area (Å²) in [5.74, 6) is 0. The van der Waals surface area contributed by atoms with E-state index in [1.54, 1.807) is 6.92 Å². The lowest BCUT2D eigenvalue weighted by molar-refractivity contribution is 0.272. The van der Waals surface area contributed by atoms with Gasteiger partial charge in [0, 0.05) is 19.3 Å². The SMILES string of the molecule is CCN(CC(C)(C)CN)S(=O)(=O)c1c[nH]c(=O)[nH]c1=O. The first-order valence-corrected chi connectivity index (χ1v) is 7.60. The maximum Gasteiger partial charge on any atom is 0.325 e. The van der Waals surface area contributed by atoms with Crippen LogP contribution in [0.25, 0.3) is 0 Å². The molecule has 114 valence electrons. The Balaban J connectivity index is 3.26. The molecule has 0 saturated heterocycles. The molecule has 0 aliphatic heterocycles. The topological polar surface area (TPSA) is 129 Å². The van der Waals surface area contributed by atoms with Gasteiger partial charge >= 0.3 is 5.69 Å². The quantitative estimate of drug-likeness (QED) is 0.624. The summed E-state index contributed by atoms with van der Waals surface area (Å²) in [5.41, 5.74) is 3.50. The van der Waals surface area contributed by atoms with E-state index in [0.717, 1.165) is 6.20 Å². The lowest BCUT2D eigenvalue weighted by atomic mass is 9.94. The van der Waals surface area contributed by atoms with Gasteiger partial charge < -0.3 is 10.7 Å². The zero-order valence-electron chi connectivity index (χ0n) is 11.8. The minimum absolute atomic E-state index is 0.181. The summed E-state index contributed by atoms with van der Waals surface area (Å²) in [4.78, 5) is 26.2. The predicted molar refractivity (Wildman–Crippen MR) is 75.0 cm³/mol. The first-order chi connectivity index (χ1) is 9.14. The summed E-state index contributed by atoms with van der Waals surface area (Å²) in [7, 11) is -3.98. The van der Waals surface area contributed by atoms with Gasteiger partial charge in [0.25, 0.3) is 5.56 Å². The summed E-state index contributed by atoms with van der Waals surface area (Å²) in [6.45, 7) is 6.03. The molecular weight excluding hydrogens is 284 g/mol. The first kappa shape index (κ1) is 16.6. The molecular formula is C11H20N4O4S. The second-order valence-electron chi connectivity index (χ2n) is 5.24. The van der Waals surface area contributed by atoms with E-state index in [-0.39, 0.29) is 13.1 Å². The molecule has 0 amide bonds. The van der Waals surface area contributed by atoms with Crippen molar-refractivity contribution in [1.29, 1.82) is 0 Å². The van der Waals surface area contributed by atoms with Crippen LogP contribution in [0.1, 0.15) is 20.8 Å². The van der Waals surface area contributed by atoms with E-state index >= 15 is 0 Å². The Morgan fingerprint density at radius 3 is 2.40 bits per heavy atom. The number of aromatic nitrogens is 2. The summed E-state index contributed by atoms with van der Waals surface area (Å²) in [6.07, 6.45) is 0.911. The Morgan fingerprint density at radius 2 is 1.95 bits per heavy atom. The van der Waals surface area contributed by atoms with Crippen LogP contribution in [-0.2, 0) is 10.0 Å². The number of aromatic amines is 2. The van der Waals surface area contributed by atoms with Gasteiger partial charge in [0.2, 0.25) is 10.0 Å². The van der Waals surface area contributed by atoms with Crippen LogP contribution in [0.3, 0.4) is 0 Å². The summed E-state index contributed by atoms with van der Waals surface area (Å²) < 4.78 is 26.0. The highest BCUT2D eigenvalue weighted by atomic mass is 32.2. The smallest absolute Gasteiger partial charge is 0.325 e. The van der Waals surface area contributed by atoms with Crippen molar-refractivity contribution in [2.45, 2.75) is 25.7 Å². The fraction of sp³-hybridized carbons (Fsp3) is 0.636. The van der Waals surface area contributed by atoms with Gasteiger partial charge in [-0.15, -0.1) is 0 Å². The minimum Gasteiger partial charge on any atom is -0.330 e.